The van der Waals surface area contributed by atoms with E-state index in [0.29, 0.717) is 11.3 Å². The fourth-order valence-electron chi connectivity index (χ4n) is 2.75. The molecule has 2 aromatic carbocycles. The second kappa shape index (κ2) is 6.72. The Morgan fingerprint density at radius 2 is 1.80 bits per heavy atom. The van der Waals surface area contributed by atoms with Gasteiger partial charge in [-0.2, -0.15) is 0 Å². The van der Waals surface area contributed by atoms with Crippen molar-refractivity contribution in [2.75, 3.05) is 16.8 Å². The van der Waals surface area contributed by atoms with E-state index in [1.807, 2.05) is 0 Å². The minimum atomic E-state index is -0.581. The molecule has 3 rings (SSSR count). The molecule has 0 aliphatic carbocycles. The molecule has 25 heavy (non-hydrogen) atoms. The second-order valence-electron chi connectivity index (χ2n) is 5.79. The van der Waals surface area contributed by atoms with Crippen LogP contribution in [0.25, 0.3) is 0 Å². The predicted octanol–water partition coefficient (Wildman–Crippen LogP) is 1.92. The minimum absolute atomic E-state index is 0.0134. The third kappa shape index (κ3) is 3.50. The first kappa shape index (κ1) is 16.6. The van der Waals surface area contributed by atoms with Crippen molar-refractivity contribution in [3.63, 3.8) is 0 Å². The third-order valence-electron chi connectivity index (χ3n) is 4.08. The van der Waals surface area contributed by atoms with Gasteiger partial charge in [0.2, 0.25) is 17.7 Å². The van der Waals surface area contributed by atoms with E-state index in [1.165, 1.54) is 29.2 Å². The Bertz CT molecular complexity index is 836. The molecule has 1 aliphatic heterocycles. The maximum Gasteiger partial charge on any atom is 0.248 e. The number of nitrogens with one attached hydrogen (secondary N) is 1. The van der Waals surface area contributed by atoms with Gasteiger partial charge < -0.3 is 16.0 Å². The molecule has 1 fully saturated rings. The zero-order chi connectivity index (χ0) is 18.0. The van der Waals surface area contributed by atoms with Crippen molar-refractivity contribution in [1.29, 1.82) is 0 Å². The Balaban J connectivity index is 1.68. The highest BCUT2D eigenvalue weighted by Crippen LogP contribution is 2.28. The number of benzene rings is 2. The monoisotopic (exact) mass is 341 g/mol. The molecule has 7 heteroatoms. The van der Waals surface area contributed by atoms with E-state index in [2.05, 4.69) is 5.32 Å². The van der Waals surface area contributed by atoms with Crippen molar-refractivity contribution in [2.45, 2.75) is 6.42 Å². The van der Waals surface area contributed by atoms with Crippen LogP contribution < -0.4 is 16.0 Å². The molecule has 2 aromatic rings. The quantitative estimate of drug-likeness (QED) is 0.890. The van der Waals surface area contributed by atoms with Crippen LogP contribution in [0.2, 0.25) is 0 Å². The summed E-state index contributed by atoms with van der Waals surface area (Å²) in [6, 6.07) is 12.1. The normalized spacial score (nSPS) is 16.8. The van der Waals surface area contributed by atoms with Gasteiger partial charge in [-0.1, -0.05) is 12.1 Å². The van der Waals surface area contributed by atoms with Crippen LogP contribution in [-0.2, 0) is 9.59 Å². The molecule has 0 spiro atoms. The Labute approximate surface area is 143 Å². The SMILES string of the molecule is NC(=O)c1ccc(NC(=O)[C@@H]2CC(=O)N(c3ccccc3F)C2)cc1. The molecule has 1 saturated heterocycles. The zero-order valence-electron chi connectivity index (χ0n) is 13.2. The summed E-state index contributed by atoms with van der Waals surface area (Å²) < 4.78 is 13.9. The van der Waals surface area contributed by atoms with E-state index in [4.69, 9.17) is 5.73 Å². The number of para-hydroxylation sites is 1. The number of halogens is 1. The zero-order valence-corrected chi connectivity index (χ0v) is 13.2. The van der Waals surface area contributed by atoms with Crippen LogP contribution in [0.1, 0.15) is 16.8 Å². The highest BCUT2D eigenvalue weighted by molar-refractivity contribution is 6.03. The molecule has 0 bridgehead atoms. The molecule has 6 nitrogen and oxygen atoms in total. The average Bonchev–Trinajstić information content (AvgIpc) is 2.97. The minimum Gasteiger partial charge on any atom is -0.366 e. The summed E-state index contributed by atoms with van der Waals surface area (Å²) in [6.45, 7) is 0.116. The maximum atomic E-state index is 13.9. The highest BCUT2D eigenvalue weighted by Gasteiger charge is 2.36. The number of anilines is 2. The van der Waals surface area contributed by atoms with Crippen molar-refractivity contribution >= 4 is 29.1 Å². The van der Waals surface area contributed by atoms with E-state index < -0.39 is 17.6 Å². The molecule has 1 atom stereocenters. The molecule has 1 heterocycles. The summed E-state index contributed by atoms with van der Waals surface area (Å²) in [5, 5.41) is 2.69. The van der Waals surface area contributed by atoms with Crippen molar-refractivity contribution in [1.82, 2.24) is 0 Å². The number of nitrogens with two attached hydrogens (primary N) is 1. The van der Waals surface area contributed by atoms with E-state index >= 15 is 0 Å². The Hall–Kier alpha value is -3.22. The van der Waals surface area contributed by atoms with E-state index in [1.54, 1.807) is 24.3 Å². The fourth-order valence-corrected chi connectivity index (χ4v) is 2.75. The fraction of sp³-hybridized carbons (Fsp3) is 0.167. The van der Waals surface area contributed by atoms with Gasteiger partial charge in [-0.15, -0.1) is 0 Å². The Kier molecular flexibility index (Phi) is 4.47. The number of carbonyl (C=O) groups is 3. The van der Waals surface area contributed by atoms with Crippen molar-refractivity contribution in [3.8, 4) is 0 Å². The van der Waals surface area contributed by atoms with Crippen LogP contribution in [0.3, 0.4) is 0 Å². The van der Waals surface area contributed by atoms with Gasteiger partial charge >= 0.3 is 0 Å². The van der Waals surface area contributed by atoms with Crippen molar-refractivity contribution in [2.24, 2.45) is 11.7 Å². The van der Waals surface area contributed by atoms with Gasteiger partial charge in [0.05, 0.1) is 11.6 Å². The predicted molar refractivity (Wildman–Crippen MR) is 90.4 cm³/mol. The molecule has 3 amide bonds. The summed E-state index contributed by atoms with van der Waals surface area (Å²) in [5.74, 6) is -2.27. The lowest BCUT2D eigenvalue weighted by atomic mass is 10.1. The van der Waals surface area contributed by atoms with Crippen LogP contribution in [0.4, 0.5) is 15.8 Å². The summed E-state index contributed by atoms with van der Waals surface area (Å²) >= 11 is 0. The first-order valence-electron chi connectivity index (χ1n) is 7.71. The van der Waals surface area contributed by atoms with Gasteiger partial charge in [0.1, 0.15) is 5.82 Å². The number of hydrogen-bond acceptors (Lipinski definition) is 3. The van der Waals surface area contributed by atoms with Gasteiger partial charge in [-0.3, -0.25) is 14.4 Å². The topological polar surface area (TPSA) is 92.5 Å². The van der Waals surface area contributed by atoms with Crippen LogP contribution in [0, 0.1) is 11.7 Å². The maximum absolute atomic E-state index is 13.9. The summed E-state index contributed by atoms with van der Waals surface area (Å²) in [5.41, 5.74) is 6.16. The Morgan fingerprint density at radius 1 is 1.12 bits per heavy atom. The van der Waals surface area contributed by atoms with Gasteiger partial charge in [0.25, 0.3) is 0 Å². The van der Waals surface area contributed by atoms with Crippen LogP contribution >= 0.6 is 0 Å². The first-order chi connectivity index (χ1) is 12.0. The first-order valence-corrected chi connectivity index (χ1v) is 7.71. The van der Waals surface area contributed by atoms with Gasteiger partial charge in [0, 0.05) is 24.2 Å². The highest BCUT2D eigenvalue weighted by atomic mass is 19.1. The summed E-state index contributed by atoms with van der Waals surface area (Å²) in [7, 11) is 0. The van der Waals surface area contributed by atoms with Crippen LogP contribution in [0.15, 0.2) is 48.5 Å². The van der Waals surface area contributed by atoms with Crippen molar-refractivity contribution < 1.29 is 18.8 Å². The largest absolute Gasteiger partial charge is 0.366 e. The molecule has 0 unspecified atom stereocenters. The standard InChI is InChI=1S/C18H16FN3O3/c19-14-3-1-2-4-15(14)22-10-12(9-16(22)23)18(25)21-13-7-5-11(6-8-13)17(20)24/h1-8,12H,9-10H2,(H2,20,24)(H,21,25)/t12-/m1/s1. The second-order valence-corrected chi connectivity index (χ2v) is 5.79. The van der Waals surface area contributed by atoms with E-state index in [-0.39, 0.29) is 30.5 Å². The summed E-state index contributed by atoms with van der Waals surface area (Å²) in [4.78, 5) is 36.8. The van der Waals surface area contributed by atoms with E-state index in [0.717, 1.165) is 0 Å². The molecular formula is C18H16FN3O3. The molecule has 0 aromatic heterocycles. The van der Waals surface area contributed by atoms with E-state index in [9.17, 15) is 18.8 Å². The van der Waals surface area contributed by atoms with Gasteiger partial charge in [0.15, 0.2) is 0 Å². The summed E-state index contributed by atoms with van der Waals surface area (Å²) in [6.07, 6.45) is 0.0134. The smallest absolute Gasteiger partial charge is 0.248 e. The van der Waals surface area contributed by atoms with Gasteiger partial charge in [-0.05, 0) is 36.4 Å². The lowest BCUT2D eigenvalue weighted by molar-refractivity contribution is -0.122. The van der Waals surface area contributed by atoms with Crippen LogP contribution in [-0.4, -0.2) is 24.3 Å². The molecule has 1 aliphatic rings. The van der Waals surface area contributed by atoms with Crippen molar-refractivity contribution in [3.05, 3.63) is 59.9 Å². The number of rotatable bonds is 4. The number of primary amides is 1. The molecular weight excluding hydrogens is 325 g/mol. The lowest BCUT2D eigenvalue weighted by Gasteiger charge is -2.17. The molecule has 0 saturated carbocycles. The molecule has 128 valence electrons. The lowest BCUT2D eigenvalue weighted by Crippen LogP contribution is -2.28. The molecule has 3 N–H and O–H groups in total. The average molecular weight is 341 g/mol. The number of nitrogens with zero attached hydrogens (tertiary/aromatic N) is 1. The molecule has 0 radical (unpaired) electrons. The number of amides is 3. The third-order valence-corrected chi connectivity index (χ3v) is 4.08. The van der Waals surface area contributed by atoms with Crippen LogP contribution in [0.5, 0.6) is 0 Å². The Morgan fingerprint density at radius 3 is 2.44 bits per heavy atom. The number of hydrogen-bond donors (Lipinski definition) is 2. The van der Waals surface area contributed by atoms with Gasteiger partial charge in [-0.25, -0.2) is 4.39 Å². The number of carbonyl (C=O) groups excluding carboxylic acids is 3.